The van der Waals surface area contributed by atoms with Gasteiger partial charge in [-0.05, 0) is 43.6 Å². The third-order valence-electron chi connectivity index (χ3n) is 4.41. The molecule has 2 rings (SSSR count). The molecule has 0 aromatic heterocycles. The Balaban J connectivity index is 0.00000220. The number of nitrogens with two attached hydrogens (primary N) is 1. The zero-order chi connectivity index (χ0) is 14.4. The molecule has 118 valence electrons. The van der Waals surface area contributed by atoms with E-state index in [9.17, 15) is 4.79 Å². The van der Waals surface area contributed by atoms with Crippen LogP contribution in [-0.2, 0) is 11.2 Å². The third-order valence-corrected chi connectivity index (χ3v) is 4.41. The van der Waals surface area contributed by atoms with Crippen molar-refractivity contribution in [1.29, 1.82) is 0 Å². The lowest BCUT2D eigenvalue weighted by Crippen LogP contribution is -2.47. The number of rotatable bonds is 5. The molecule has 1 unspecified atom stereocenters. The summed E-state index contributed by atoms with van der Waals surface area (Å²) in [6, 6.07) is 9.84. The Hall–Kier alpha value is -1.06. The van der Waals surface area contributed by atoms with Gasteiger partial charge < -0.3 is 11.1 Å². The second kappa shape index (κ2) is 9.06. The van der Waals surface area contributed by atoms with Crippen LogP contribution < -0.4 is 11.1 Å². The van der Waals surface area contributed by atoms with E-state index in [0.29, 0.717) is 12.5 Å². The van der Waals surface area contributed by atoms with Crippen LogP contribution in [0.15, 0.2) is 30.3 Å². The molecule has 3 N–H and O–H groups in total. The molecule has 0 bridgehead atoms. The summed E-state index contributed by atoms with van der Waals surface area (Å²) in [6.07, 6.45) is 6.53. The molecule has 1 aromatic carbocycles. The summed E-state index contributed by atoms with van der Waals surface area (Å²) in [6.45, 7) is 2.25. The second-order valence-electron chi connectivity index (χ2n) is 5.93. The minimum atomic E-state index is -0.443. The monoisotopic (exact) mass is 310 g/mol. The van der Waals surface area contributed by atoms with E-state index in [-0.39, 0.29) is 18.3 Å². The maximum absolute atomic E-state index is 12.1. The number of nitrogens with one attached hydrogen (secondary N) is 1. The van der Waals surface area contributed by atoms with Gasteiger partial charge in [0.05, 0.1) is 6.04 Å². The van der Waals surface area contributed by atoms with Gasteiger partial charge in [0.1, 0.15) is 0 Å². The highest BCUT2D eigenvalue weighted by Gasteiger charge is 2.23. The summed E-state index contributed by atoms with van der Waals surface area (Å²) >= 11 is 0. The molecule has 4 heteroatoms. The highest BCUT2D eigenvalue weighted by molar-refractivity contribution is 5.85. The second-order valence-corrected chi connectivity index (χ2v) is 5.93. The van der Waals surface area contributed by atoms with Gasteiger partial charge in [-0.3, -0.25) is 4.79 Å². The topological polar surface area (TPSA) is 55.1 Å². The number of halogens is 1. The van der Waals surface area contributed by atoms with Crippen molar-refractivity contribution >= 4 is 18.3 Å². The van der Waals surface area contributed by atoms with E-state index in [4.69, 9.17) is 5.73 Å². The van der Waals surface area contributed by atoms with E-state index >= 15 is 0 Å². The average Bonchev–Trinajstić information content (AvgIpc) is 2.49. The molecule has 0 aliphatic heterocycles. The van der Waals surface area contributed by atoms with E-state index < -0.39 is 6.04 Å². The van der Waals surface area contributed by atoms with E-state index in [2.05, 4.69) is 12.2 Å². The molecule has 1 saturated carbocycles. The summed E-state index contributed by atoms with van der Waals surface area (Å²) in [5.41, 5.74) is 7.12. The largest absolute Gasteiger partial charge is 0.352 e. The minimum absolute atomic E-state index is 0. The molecule has 1 aliphatic rings. The fraction of sp³-hybridized carbons (Fsp3) is 0.588. The molecule has 1 amide bonds. The van der Waals surface area contributed by atoms with Crippen LogP contribution in [-0.4, -0.2) is 18.0 Å². The molecule has 0 spiro atoms. The van der Waals surface area contributed by atoms with Crippen LogP contribution in [0.3, 0.4) is 0 Å². The zero-order valence-corrected chi connectivity index (χ0v) is 13.6. The van der Waals surface area contributed by atoms with Gasteiger partial charge >= 0.3 is 0 Å². The molecule has 21 heavy (non-hydrogen) atoms. The van der Waals surface area contributed by atoms with Crippen LogP contribution in [0, 0.1) is 5.92 Å². The van der Waals surface area contributed by atoms with Gasteiger partial charge in [0.2, 0.25) is 5.91 Å². The van der Waals surface area contributed by atoms with Gasteiger partial charge in [-0.1, -0.05) is 43.7 Å². The van der Waals surface area contributed by atoms with Gasteiger partial charge in [0.25, 0.3) is 0 Å². The summed E-state index contributed by atoms with van der Waals surface area (Å²) < 4.78 is 0. The number of carbonyl (C=O) groups excluding carboxylic acids is 1. The van der Waals surface area contributed by atoms with Crippen molar-refractivity contribution in [2.75, 3.05) is 0 Å². The molecule has 0 heterocycles. The number of benzene rings is 1. The first-order valence-electron chi connectivity index (χ1n) is 7.79. The zero-order valence-electron chi connectivity index (χ0n) is 12.8. The fourth-order valence-electron chi connectivity index (χ4n) is 2.98. The number of hydrogen-bond acceptors (Lipinski definition) is 2. The van der Waals surface area contributed by atoms with Crippen molar-refractivity contribution in [3.8, 4) is 0 Å². The predicted molar refractivity (Wildman–Crippen MR) is 89.5 cm³/mol. The molecular weight excluding hydrogens is 284 g/mol. The fourth-order valence-corrected chi connectivity index (χ4v) is 2.98. The van der Waals surface area contributed by atoms with Crippen LogP contribution >= 0.6 is 12.4 Å². The first kappa shape index (κ1) is 18.0. The Bertz CT molecular complexity index is 416. The van der Waals surface area contributed by atoms with Crippen LogP contribution in [0.1, 0.15) is 44.6 Å². The van der Waals surface area contributed by atoms with Crippen LogP contribution in [0.4, 0.5) is 0 Å². The van der Waals surface area contributed by atoms with E-state index in [1.165, 1.54) is 19.3 Å². The Kier molecular flexibility index (Phi) is 7.76. The summed E-state index contributed by atoms with van der Waals surface area (Å²) in [5, 5.41) is 3.12. The van der Waals surface area contributed by atoms with Crippen LogP contribution in [0.2, 0.25) is 0 Å². The SMILES string of the molecule is CCC1CCC(NC(=O)C(N)Cc2ccccc2)CC1.Cl. The first-order valence-corrected chi connectivity index (χ1v) is 7.79. The average molecular weight is 311 g/mol. The van der Waals surface area contributed by atoms with Gasteiger partial charge in [0, 0.05) is 6.04 Å². The molecule has 1 aliphatic carbocycles. The molecule has 0 radical (unpaired) electrons. The molecule has 1 fully saturated rings. The summed E-state index contributed by atoms with van der Waals surface area (Å²) in [7, 11) is 0. The van der Waals surface area contributed by atoms with Crippen LogP contribution in [0.5, 0.6) is 0 Å². The third kappa shape index (κ3) is 5.68. The van der Waals surface area contributed by atoms with E-state index in [1.54, 1.807) is 0 Å². The van der Waals surface area contributed by atoms with Crippen molar-refractivity contribution in [2.24, 2.45) is 11.7 Å². The van der Waals surface area contributed by atoms with Crippen LogP contribution in [0.25, 0.3) is 0 Å². The number of hydrogen-bond donors (Lipinski definition) is 2. The van der Waals surface area contributed by atoms with Gasteiger partial charge in [-0.15, -0.1) is 12.4 Å². The van der Waals surface area contributed by atoms with Gasteiger partial charge in [0.15, 0.2) is 0 Å². The lowest BCUT2D eigenvalue weighted by Gasteiger charge is -2.29. The van der Waals surface area contributed by atoms with Crippen molar-refractivity contribution in [1.82, 2.24) is 5.32 Å². The Morgan fingerprint density at radius 1 is 1.24 bits per heavy atom. The highest BCUT2D eigenvalue weighted by atomic mass is 35.5. The molecule has 0 saturated heterocycles. The maximum Gasteiger partial charge on any atom is 0.237 e. The minimum Gasteiger partial charge on any atom is -0.352 e. The van der Waals surface area contributed by atoms with E-state index in [0.717, 1.165) is 24.3 Å². The van der Waals surface area contributed by atoms with Gasteiger partial charge in [-0.25, -0.2) is 0 Å². The van der Waals surface area contributed by atoms with E-state index in [1.807, 2.05) is 30.3 Å². The normalized spacial score (nSPS) is 23.0. The predicted octanol–water partition coefficient (Wildman–Crippen LogP) is 3.06. The van der Waals surface area contributed by atoms with Crippen molar-refractivity contribution in [2.45, 2.75) is 57.5 Å². The van der Waals surface area contributed by atoms with Gasteiger partial charge in [-0.2, -0.15) is 0 Å². The maximum atomic E-state index is 12.1. The molecule has 3 nitrogen and oxygen atoms in total. The van der Waals surface area contributed by atoms with Crippen molar-refractivity contribution in [3.63, 3.8) is 0 Å². The molecular formula is C17H27ClN2O. The summed E-state index contributed by atoms with van der Waals surface area (Å²) in [5.74, 6) is 0.843. The lowest BCUT2D eigenvalue weighted by molar-refractivity contribution is -0.123. The lowest BCUT2D eigenvalue weighted by atomic mass is 9.84. The standard InChI is InChI=1S/C17H26N2O.ClH/c1-2-13-8-10-15(11-9-13)19-17(20)16(18)12-14-6-4-3-5-7-14;/h3-7,13,15-16H,2,8-12,18H2,1H3,(H,19,20);1H. The quantitative estimate of drug-likeness (QED) is 0.878. The number of amides is 1. The first-order chi connectivity index (χ1) is 9.69. The summed E-state index contributed by atoms with van der Waals surface area (Å²) in [4.78, 5) is 12.1. The van der Waals surface area contributed by atoms with Crippen molar-refractivity contribution < 1.29 is 4.79 Å². The Labute approximate surface area is 134 Å². The number of carbonyl (C=O) groups is 1. The van der Waals surface area contributed by atoms with Crippen molar-refractivity contribution in [3.05, 3.63) is 35.9 Å². The Morgan fingerprint density at radius 2 is 1.86 bits per heavy atom. The smallest absolute Gasteiger partial charge is 0.237 e. The molecule has 1 aromatic rings. The highest BCUT2D eigenvalue weighted by Crippen LogP contribution is 2.26. The Morgan fingerprint density at radius 3 is 2.43 bits per heavy atom. The molecule has 1 atom stereocenters.